The summed E-state index contributed by atoms with van der Waals surface area (Å²) in [6, 6.07) is 14.8. The number of rotatable bonds is 5. The Morgan fingerprint density at radius 2 is 1.53 bits per heavy atom. The smallest absolute Gasteiger partial charge is 0.251 e. The number of nitrogens with one attached hydrogen (secondary N) is 1. The van der Waals surface area contributed by atoms with Crippen LogP contribution in [-0.2, 0) is 10.2 Å². The molecular formula is C26H34ClN3O2. The molecule has 0 spiro atoms. The molecule has 172 valence electrons. The van der Waals surface area contributed by atoms with Crippen molar-refractivity contribution in [3.63, 3.8) is 0 Å². The first-order chi connectivity index (χ1) is 15.1. The van der Waals surface area contributed by atoms with Gasteiger partial charge in [-0.3, -0.25) is 9.59 Å². The first-order valence-corrected chi connectivity index (χ1v) is 11.7. The highest BCUT2D eigenvalue weighted by Gasteiger charge is 2.31. The molecule has 0 bridgehead atoms. The number of para-hydroxylation sites is 1. The summed E-state index contributed by atoms with van der Waals surface area (Å²) in [7, 11) is 0. The quantitative estimate of drug-likeness (QED) is 0.708. The van der Waals surface area contributed by atoms with Crippen molar-refractivity contribution in [1.82, 2.24) is 10.2 Å². The van der Waals surface area contributed by atoms with E-state index in [9.17, 15) is 9.59 Å². The predicted molar refractivity (Wildman–Crippen MR) is 131 cm³/mol. The lowest BCUT2D eigenvalue weighted by Gasteiger charge is -2.38. The fourth-order valence-electron chi connectivity index (χ4n) is 3.93. The van der Waals surface area contributed by atoms with Crippen molar-refractivity contribution in [2.45, 2.75) is 46.1 Å². The summed E-state index contributed by atoms with van der Waals surface area (Å²) in [5.41, 5.74) is 2.76. The van der Waals surface area contributed by atoms with E-state index < -0.39 is 6.04 Å². The Morgan fingerprint density at radius 1 is 0.938 bits per heavy atom. The van der Waals surface area contributed by atoms with E-state index in [1.54, 1.807) is 0 Å². The second kappa shape index (κ2) is 9.95. The molecule has 2 aromatic rings. The minimum atomic E-state index is -0.559. The van der Waals surface area contributed by atoms with Gasteiger partial charge >= 0.3 is 0 Å². The third kappa shape index (κ3) is 5.63. The topological polar surface area (TPSA) is 52.7 Å². The van der Waals surface area contributed by atoms with Crippen LogP contribution >= 0.6 is 11.6 Å². The summed E-state index contributed by atoms with van der Waals surface area (Å²) in [5, 5.41) is 3.69. The van der Waals surface area contributed by atoms with Crippen LogP contribution in [0.25, 0.3) is 0 Å². The summed E-state index contributed by atoms with van der Waals surface area (Å²) < 4.78 is 0. The number of hydrogen-bond acceptors (Lipinski definition) is 3. The first-order valence-electron chi connectivity index (χ1n) is 11.3. The average Bonchev–Trinajstić information content (AvgIpc) is 2.76. The molecule has 5 nitrogen and oxygen atoms in total. The third-order valence-electron chi connectivity index (χ3n) is 6.02. The van der Waals surface area contributed by atoms with Crippen molar-refractivity contribution >= 4 is 29.1 Å². The standard InChI is InChI=1S/C26H34ClN3O2/c1-18(2)23(28-24(31)19-10-12-20(13-11-19)26(3,4)5)25(32)30-16-14-29(15-17-30)22-9-7-6-8-21(22)27/h6-13,18,23H,14-17H2,1-5H3,(H,28,31)/t23-/m0/s1. The van der Waals surface area contributed by atoms with Crippen molar-refractivity contribution in [3.05, 3.63) is 64.7 Å². The second-order valence-electron chi connectivity index (χ2n) is 9.79. The Balaban J connectivity index is 1.64. The lowest BCUT2D eigenvalue weighted by atomic mass is 9.86. The van der Waals surface area contributed by atoms with Gasteiger partial charge in [0.1, 0.15) is 6.04 Å². The first kappa shape index (κ1) is 24.1. The SMILES string of the molecule is CC(C)[C@H](NC(=O)c1ccc(C(C)(C)C)cc1)C(=O)N1CCN(c2ccccc2Cl)CC1. The van der Waals surface area contributed by atoms with Crippen LogP contribution in [0.5, 0.6) is 0 Å². The Kier molecular flexibility index (Phi) is 7.50. The molecule has 1 heterocycles. The number of anilines is 1. The number of carbonyl (C=O) groups excluding carboxylic acids is 2. The van der Waals surface area contributed by atoms with Gasteiger partial charge in [-0.2, -0.15) is 0 Å². The number of piperazine rings is 1. The highest BCUT2D eigenvalue weighted by atomic mass is 35.5. The maximum absolute atomic E-state index is 13.3. The van der Waals surface area contributed by atoms with Crippen LogP contribution in [0, 0.1) is 5.92 Å². The Morgan fingerprint density at radius 3 is 2.06 bits per heavy atom. The van der Waals surface area contributed by atoms with Gasteiger partial charge in [-0.05, 0) is 41.2 Å². The van der Waals surface area contributed by atoms with E-state index in [4.69, 9.17) is 11.6 Å². The summed E-state index contributed by atoms with van der Waals surface area (Å²) in [5.74, 6) is -0.257. The monoisotopic (exact) mass is 455 g/mol. The maximum Gasteiger partial charge on any atom is 0.251 e. The molecule has 1 saturated heterocycles. The van der Waals surface area contributed by atoms with Gasteiger partial charge < -0.3 is 15.1 Å². The van der Waals surface area contributed by atoms with E-state index in [0.717, 1.165) is 10.7 Å². The molecular weight excluding hydrogens is 422 g/mol. The van der Waals surface area contributed by atoms with E-state index in [1.165, 1.54) is 5.56 Å². The van der Waals surface area contributed by atoms with Gasteiger partial charge in [0.15, 0.2) is 0 Å². The third-order valence-corrected chi connectivity index (χ3v) is 6.34. The highest BCUT2D eigenvalue weighted by molar-refractivity contribution is 6.33. The van der Waals surface area contributed by atoms with Gasteiger partial charge in [0.25, 0.3) is 5.91 Å². The van der Waals surface area contributed by atoms with Crippen molar-refractivity contribution in [2.75, 3.05) is 31.1 Å². The zero-order valence-electron chi connectivity index (χ0n) is 19.7. The lowest BCUT2D eigenvalue weighted by molar-refractivity contribution is -0.134. The van der Waals surface area contributed by atoms with Crippen LogP contribution in [0.2, 0.25) is 5.02 Å². The zero-order valence-corrected chi connectivity index (χ0v) is 20.4. The molecule has 1 N–H and O–H groups in total. The highest BCUT2D eigenvalue weighted by Crippen LogP contribution is 2.26. The average molecular weight is 456 g/mol. The fourth-order valence-corrected chi connectivity index (χ4v) is 4.19. The molecule has 3 rings (SSSR count). The number of benzene rings is 2. The van der Waals surface area contributed by atoms with Gasteiger partial charge in [0, 0.05) is 31.7 Å². The van der Waals surface area contributed by atoms with Crippen LogP contribution in [0.15, 0.2) is 48.5 Å². The number of amides is 2. The molecule has 1 atom stereocenters. The molecule has 6 heteroatoms. The zero-order chi connectivity index (χ0) is 23.5. The second-order valence-corrected chi connectivity index (χ2v) is 10.2. The molecule has 32 heavy (non-hydrogen) atoms. The van der Waals surface area contributed by atoms with Crippen LogP contribution in [0.1, 0.15) is 50.5 Å². The van der Waals surface area contributed by atoms with Crippen LogP contribution in [-0.4, -0.2) is 48.9 Å². The largest absolute Gasteiger partial charge is 0.367 e. The molecule has 2 amide bonds. The number of halogens is 1. The number of hydrogen-bond donors (Lipinski definition) is 1. The van der Waals surface area contributed by atoms with E-state index in [1.807, 2.05) is 67.3 Å². The molecule has 2 aromatic carbocycles. The maximum atomic E-state index is 13.3. The van der Waals surface area contributed by atoms with Crippen LogP contribution in [0.3, 0.4) is 0 Å². The van der Waals surface area contributed by atoms with Crippen molar-refractivity contribution in [3.8, 4) is 0 Å². The van der Waals surface area contributed by atoms with E-state index in [0.29, 0.717) is 31.7 Å². The minimum Gasteiger partial charge on any atom is -0.367 e. The van der Waals surface area contributed by atoms with E-state index >= 15 is 0 Å². The van der Waals surface area contributed by atoms with Crippen LogP contribution < -0.4 is 10.2 Å². The van der Waals surface area contributed by atoms with Crippen LogP contribution in [0.4, 0.5) is 5.69 Å². The minimum absolute atomic E-state index is 0.0121. The normalized spacial score (nSPS) is 15.6. The Hall–Kier alpha value is -2.53. The van der Waals surface area contributed by atoms with Crippen molar-refractivity contribution < 1.29 is 9.59 Å². The molecule has 1 fully saturated rings. The summed E-state index contributed by atoms with van der Waals surface area (Å²) in [6.45, 7) is 13.0. The van der Waals surface area contributed by atoms with Crippen molar-refractivity contribution in [1.29, 1.82) is 0 Å². The molecule has 1 aliphatic heterocycles. The fraction of sp³-hybridized carbons (Fsp3) is 0.462. The molecule has 0 aliphatic carbocycles. The summed E-state index contributed by atoms with van der Waals surface area (Å²) in [6.07, 6.45) is 0. The van der Waals surface area contributed by atoms with E-state index in [2.05, 4.69) is 31.0 Å². The van der Waals surface area contributed by atoms with Gasteiger partial charge in [0.05, 0.1) is 10.7 Å². The molecule has 1 aliphatic rings. The van der Waals surface area contributed by atoms with Gasteiger partial charge in [-0.25, -0.2) is 0 Å². The summed E-state index contributed by atoms with van der Waals surface area (Å²) >= 11 is 6.33. The van der Waals surface area contributed by atoms with Gasteiger partial charge in [-0.1, -0.05) is 70.5 Å². The summed E-state index contributed by atoms with van der Waals surface area (Å²) in [4.78, 5) is 30.2. The molecule has 0 unspecified atom stereocenters. The number of nitrogens with zero attached hydrogens (tertiary/aromatic N) is 2. The number of carbonyl (C=O) groups is 2. The van der Waals surface area contributed by atoms with E-state index in [-0.39, 0.29) is 23.1 Å². The Labute approximate surface area is 196 Å². The molecule has 0 radical (unpaired) electrons. The molecule has 0 saturated carbocycles. The lowest BCUT2D eigenvalue weighted by Crippen LogP contribution is -2.56. The Bertz CT molecular complexity index is 942. The van der Waals surface area contributed by atoms with Gasteiger partial charge in [0.2, 0.25) is 5.91 Å². The predicted octanol–water partition coefficient (Wildman–Crippen LogP) is 4.74. The molecule has 0 aromatic heterocycles. The van der Waals surface area contributed by atoms with Crippen molar-refractivity contribution in [2.24, 2.45) is 5.92 Å². The van der Waals surface area contributed by atoms with Gasteiger partial charge in [-0.15, -0.1) is 0 Å².